The van der Waals surface area contributed by atoms with Crippen molar-refractivity contribution in [3.05, 3.63) is 49.7 Å². The topological polar surface area (TPSA) is 63.7 Å². The fourth-order valence-corrected chi connectivity index (χ4v) is 3.35. The highest BCUT2D eigenvalue weighted by Crippen LogP contribution is 2.32. The molecule has 24 heavy (non-hydrogen) atoms. The highest BCUT2D eigenvalue weighted by atomic mass is 35.5. The Morgan fingerprint density at radius 3 is 2.58 bits per heavy atom. The van der Waals surface area contributed by atoms with Gasteiger partial charge in [0.15, 0.2) is 0 Å². The molecule has 0 N–H and O–H groups in total. The maximum Gasteiger partial charge on any atom is 0.328 e. The fourth-order valence-electron chi connectivity index (χ4n) is 3.22. The van der Waals surface area contributed by atoms with E-state index in [1.54, 1.807) is 36.1 Å². The van der Waals surface area contributed by atoms with Crippen molar-refractivity contribution in [2.24, 2.45) is 0 Å². The van der Waals surface area contributed by atoms with Crippen LogP contribution in [0.25, 0.3) is 11.1 Å². The Morgan fingerprint density at radius 1 is 1.21 bits per heavy atom. The van der Waals surface area contributed by atoms with E-state index >= 15 is 0 Å². The zero-order valence-electron chi connectivity index (χ0n) is 13.4. The lowest BCUT2D eigenvalue weighted by Gasteiger charge is -2.37. The monoisotopic (exact) mass is 347 g/mol. The third-order valence-electron chi connectivity index (χ3n) is 4.37. The molecule has 1 saturated heterocycles. The molecule has 2 aromatic rings. The largest absolute Gasteiger partial charge is 0.464 e. The van der Waals surface area contributed by atoms with Gasteiger partial charge >= 0.3 is 5.97 Å². The van der Waals surface area contributed by atoms with Crippen molar-refractivity contribution < 1.29 is 9.53 Å². The van der Waals surface area contributed by atoms with Gasteiger partial charge in [-0.05, 0) is 43.9 Å². The van der Waals surface area contributed by atoms with Crippen molar-refractivity contribution in [3.63, 3.8) is 0 Å². The minimum absolute atomic E-state index is 0.291. The Bertz CT molecular complexity index is 821. The van der Waals surface area contributed by atoms with E-state index in [0.29, 0.717) is 41.4 Å². The Morgan fingerprint density at radius 2 is 1.92 bits per heavy atom. The summed E-state index contributed by atoms with van der Waals surface area (Å²) in [5, 5.41) is 0.557. The average Bonchev–Trinajstić information content (AvgIpc) is 2.60. The predicted molar refractivity (Wildman–Crippen MR) is 93.4 cm³/mol. The van der Waals surface area contributed by atoms with Crippen molar-refractivity contribution in [2.75, 3.05) is 18.1 Å². The summed E-state index contributed by atoms with van der Waals surface area (Å²) in [5.41, 5.74) is 0.303. The maximum atomic E-state index is 12.2. The van der Waals surface area contributed by atoms with E-state index in [0.717, 1.165) is 12.8 Å². The van der Waals surface area contributed by atoms with E-state index in [9.17, 15) is 14.4 Å². The minimum Gasteiger partial charge on any atom is -0.464 e. The molecule has 5 nitrogen and oxygen atoms in total. The molecular formula is C18H18ClNO4. The molecule has 1 heterocycles. The number of hydrogen-bond donors (Lipinski definition) is 0. The lowest BCUT2D eigenvalue weighted by Crippen LogP contribution is -2.52. The number of halogens is 1. The third kappa shape index (κ3) is 2.84. The number of esters is 1. The normalized spacial score (nSPS) is 17.9. The summed E-state index contributed by atoms with van der Waals surface area (Å²) in [5.74, 6) is -0.340. The van der Waals surface area contributed by atoms with Crippen molar-refractivity contribution in [1.29, 1.82) is 0 Å². The molecule has 6 heteroatoms. The van der Waals surface area contributed by atoms with Gasteiger partial charge in [0.1, 0.15) is 11.7 Å². The molecule has 1 atom stereocenters. The second kappa shape index (κ2) is 6.77. The molecule has 0 radical (unpaired) electrons. The number of hydrogen-bond acceptors (Lipinski definition) is 5. The minimum atomic E-state index is -0.531. The van der Waals surface area contributed by atoms with E-state index in [4.69, 9.17) is 16.3 Å². The molecule has 0 amide bonds. The first kappa shape index (κ1) is 16.7. The summed E-state index contributed by atoms with van der Waals surface area (Å²) >= 11 is 5.89. The van der Waals surface area contributed by atoms with Crippen molar-refractivity contribution in [1.82, 2.24) is 0 Å². The van der Waals surface area contributed by atoms with Gasteiger partial charge in [0.05, 0.1) is 12.2 Å². The fraction of sp³-hybridized carbons (Fsp3) is 0.389. The molecule has 0 bridgehead atoms. The second-order valence-electron chi connectivity index (χ2n) is 5.85. The summed E-state index contributed by atoms with van der Waals surface area (Å²) in [6.45, 7) is 2.61. The number of ether oxygens (including phenoxy) is 1. The number of anilines is 1. The van der Waals surface area contributed by atoms with Crippen LogP contribution in [0.4, 0.5) is 5.69 Å². The van der Waals surface area contributed by atoms with Crippen LogP contribution in [0, 0.1) is 0 Å². The molecule has 1 fully saturated rings. The molecule has 0 saturated carbocycles. The molecule has 0 aliphatic carbocycles. The molecule has 0 spiro atoms. The van der Waals surface area contributed by atoms with Crippen LogP contribution in [0.15, 0.2) is 33.9 Å². The first-order valence-corrected chi connectivity index (χ1v) is 8.45. The van der Waals surface area contributed by atoms with E-state index in [-0.39, 0.29) is 5.97 Å². The van der Waals surface area contributed by atoms with Gasteiger partial charge in [0.25, 0.3) is 0 Å². The van der Waals surface area contributed by atoms with Crippen LogP contribution < -0.4 is 15.8 Å². The smallest absolute Gasteiger partial charge is 0.328 e. The third-order valence-corrected chi connectivity index (χ3v) is 4.62. The average molecular weight is 348 g/mol. The van der Waals surface area contributed by atoms with Crippen LogP contribution in [0.3, 0.4) is 0 Å². The number of carbonyl (C=O) groups excluding carboxylic acids is 1. The van der Waals surface area contributed by atoms with E-state index in [1.807, 2.05) is 0 Å². The highest BCUT2D eigenvalue weighted by molar-refractivity contribution is 6.30. The molecule has 1 aliphatic rings. The van der Waals surface area contributed by atoms with Gasteiger partial charge in [-0.15, -0.1) is 0 Å². The Kier molecular flexibility index (Phi) is 4.71. The van der Waals surface area contributed by atoms with Crippen LogP contribution in [-0.2, 0) is 9.53 Å². The highest BCUT2D eigenvalue weighted by Gasteiger charge is 2.36. The molecular weight excluding hydrogens is 330 g/mol. The number of piperidine rings is 1. The summed E-state index contributed by atoms with van der Waals surface area (Å²) < 4.78 is 5.13. The van der Waals surface area contributed by atoms with Gasteiger partial charge in [-0.1, -0.05) is 23.7 Å². The lowest BCUT2D eigenvalue weighted by molar-refractivity contribution is -0.145. The van der Waals surface area contributed by atoms with E-state index in [2.05, 4.69) is 0 Å². The molecule has 2 aromatic carbocycles. The van der Waals surface area contributed by atoms with Crippen molar-refractivity contribution in [3.8, 4) is 11.1 Å². The van der Waals surface area contributed by atoms with Crippen LogP contribution in [0.2, 0.25) is 5.02 Å². The zero-order valence-corrected chi connectivity index (χ0v) is 14.1. The number of carbonyl (C=O) groups is 1. The first-order chi connectivity index (χ1) is 11.5. The lowest BCUT2D eigenvalue weighted by atomic mass is 9.93. The van der Waals surface area contributed by atoms with E-state index < -0.39 is 16.9 Å². The first-order valence-electron chi connectivity index (χ1n) is 8.07. The summed E-state index contributed by atoms with van der Waals surface area (Å²) in [4.78, 5) is 38.3. The van der Waals surface area contributed by atoms with Gasteiger partial charge < -0.3 is 9.64 Å². The molecule has 1 unspecified atom stereocenters. The van der Waals surface area contributed by atoms with Crippen LogP contribution >= 0.6 is 11.6 Å². The van der Waals surface area contributed by atoms with Gasteiger partial charge in [-0.3, -0.25) is 9.59 Å². The van der Waals surface area contributed by atoms with Gasteiger partial charge in [-0.25, -0.2) is 4.79 Å². The Labute approximate surface area is 144 Å². The number of rotatable bonds is 4. The van der Waals surface area contributed by atoms with Crippen LogP contribution in [-0.4, -0.2) is 25.2 Å². The molecule has 1 aliphatic heterocycles. The molecule has 126 valence electrons. The second-order valence-corrected chi connectivity index (χ2v) is 6.28. The SMILES string of the molecule is CCOC(=O)C1CCCCN1c1c(-c2ccc(Cl)cc2)c(=O)c1=O. The van der Waals surface area contributed by atoms with Gasteiger partial charge in [-0.2, -0.15) is 0 Å². The number of nitrogens with zero attached hydrogens (tertiary/aromatic N) is 1. The molecule has 0 aromatic heterocycles. The Balaban J connectivity index is 2.01. The van der Waals surface area contributed by atoms with Crippen LogP contribution in [0.5, 0.6) is 0 Å². The molecule has 3 rings (SSSR count). The summed E-state index contributed by atoms with van der Waals surface area (Å²) in [6, 6.07) is 6.28. The van der Waals surface area contributed by atoms with E-state index in [1.165, 1.54) is 0 Å². The summed E-state index contributed by atoms with van der Waals surface area (Å²) in [7, 11) is 0. The predicted octanol–water partition coefficient (Wildman–Crippen LogP) is 2.53. The van der Waals surface area contributed by atoms with Gasteiger partial charge in [0.2, 0.25) is 10.9 Å². The zero-order chi connectivity index (χ0) is 17.3. The summed E-state index contributed by atoms with van der Waals surface area (Å²) in [6.07, 6.45) is 2.39. The van der Waals surface area contributed by atoms with Crippen molar-refractivity contribution in [2.45, 2.75) is 32.2 Å². The number of benzene rings is 1. The van der Waals surface area contributed by atoms with Crippen LogP contribution in [0.1, 0.15) is 26.2 Å². The van der Waals surface area contributed by atoms with Crippen molar-refractivity contribution >= 4 is 23.3 Å². The maximum absolute atomic E-state index is 12.2. The Hall–Kier alpha value is -2.14. The quantitative estimate of drug-likeness (QED) is 0.628. The van der Waals surface area contributed by atoms with Gasteiger partial charge in [0, 0.05) is 11.6 Å². The standard InChI is InChI=1S/C18H18ClNO4/c1-2-24-18(23)13-5-3-4-10-20(13)15-14(16(21)17(15)22)11-6-8-12(19)9-7-11/h6-9,13H,2-5,10H2,1H3.